The van der Waals surface area contributed by atoms with E-state index in [1.54, 1.807) is 0 Å². The molecule has 0 aromatic carbocycles. The Balaban J connectivity index is 1.71. The highest BCUT2D eigenvalue weighted by molar-refractivity contribution is 5.42. The van der Waals surface area contributed by atoms with Gasteiger partial charge in [0.2, 0.25) is 0 Å². The number of anilines is 1. The van der Waals surface area contributed by atoms with Gasteiger partial charge < -0.3 is 10.6 Å². The van der Waals surface area contributed by atoms with Crippen LogP contribution in [-0.4, -0.2) is 24.1 Å². The minimum Gasteiger partial charge on any atom is -0.385 e. The molecule has 2 N–H and O–H groups in total. The quantitative estimate of drug-likeness (QED) is 0.816. The minimum absolute atomic E-state index is 0.712. The summed E-state index contributed by atoms with van der Waals surface area (Å²) in [4.78, 5) is 4.19. The van der Waals surface area contributed by atoms with Crippen LogP contribution in [0.25, 0.3) is 0 Å². The summed E-state index contributed by atoms with van der Waals surface area (Å²) in [6.45, 7) is 4.26. The lowest BCUT2D eigenvalue weighted by molar-refractivity contribution is 0.389. The SMILES string of the molecule is Cc1cc(NCCC2CCCCN2)ccn1. The monoisotopic (exact) mass is 219 g/mol. The molecule has 0 spiro atoms. The molecule has 88 valence electrons. The van der Waals surface area contributed by atoms with Crippen molar-refractivity contribution in [2.75, 3.05) is 18.4 Å². The van der Waals surface area contributed by atoms with Gasteiger partial charge in [-0.3, -0.25) is 4.98 Å². The molecule has 0 bridgehead atoms. The first-order valence-corrected chi connectivity index (χ1v) is 6.24. The molecule has 1 fully saturated rings. The second-order valence-electron chi connectivity index (χ2n) is 4.55. The zero-order chi connectivity index (χ0) is 11.2. The van der Waals surface area contributed by atoms with Crippen LogP contribution < -0.4 is 10.6 Å². The van der Waals surface area contributed by atoms with Gasteiger partial charge in [0, 0.05) is 30.2 Å². The fourth-order valence-electron chi connectivity index (χ4n) is 2.22. The number of nitrogens with one attached hydrogen (secondary N) is 2. The highest BCUT2D eigenvalue weighted by atomic mass is 14.9. The molecule has 3 nitrogen and oxygen atoms in total. The second kappa shape index (κ2) is 5.85. The van der Waals surface area contributed by atoms with E-state index in [0.29, 0.717) is 6.04 Å². The first-order chi connectivity index (χ1) is 7.84. The van der Waals surface area contributed by atoms with E-state index in [-0.39, 0.29) is 0 Å². The third kappa shape index (κ3) is 3.49. The van der Waals surface area contributed by atoms with Crippen LogP contribution in [0.3, 0.4) is 0 Å². The first kappa shape index (κ1) is 11.4. The summed E-state index contributed by atoms with van der Waals surface area (Å²) >= 11 is 0. The van der Waals surface area contributed by atoms with Gasteiger partial charge in [0.15, 0.2) is 0 Å². The van der Waals surface area contributed by atoms with Crippen molar-refractivity contribution >= 4 is 5.69 Å². The van der Waals surface area contributed by atoms with Crippen molar-refractivity contribution in [3.8, 4) is 0 Å². The normalized spacial score (nSPS) is 20.7. The largest absolute Gasteiger partial charge is 0.385 e. The van der Waals surface area contributed by atoms with Crippen LogP contribution >= 0.6 is 0 Å². The van der Waals surface area contributed by atoms with Crippen molar-refractivity contribution in [3.05, 3.63) is 24.0 Å². The summed E-state index contributed by atoms with van der Waals surface area (Å²) in [6.07, 6.45) is 7.12. The Morgan fingerprint density at radius 1 is 1.50 bits per heavy atom. The predicted octanol–water partition coefficient (Wildman–Crippen LogP) is 2.33. The highest BCUT2D eigenvalue weighted by Crippen LogP contribution is 2.11. The van der Waals surface area contributed by atoms with E-state index in [2.05, 4.69) is 21.7 Å². The third-order valence-electron chi connectivity index (χ3n) is 3.13. The zero-order valence-electron chi connectivity index (χ0n) is 10.00. The number of piperidine rings is 1. The van der Waals surface area contributed by atoms with Gasteiger partial charge in [0.25, 0.3) is 0 Å². The lowest BCUT2D eigenvalue weighted by Gasteiger charge is -2.23. The average molecular weight is 219 g/mol. The standard InChI is InChI=1S/C13H21N3/c1-11-10-13(6-8-14-11)16-9-5-12-4-2-3-7-15-12/h6,8,10,12,15H,2-5,7,9H2,1H3,(H,14,16). The molecule has 2 rings (SSSR count). The maximum absolute atomic E-state index is 4.19. The lowest BCUT2D eigenvalue weighted by Crippen LogP contribution is -2.35. The van der Waals surface area contributed by atoms with Crippen molar-refractivity contribution < 1.29 is 0 Å². The van der Waals surface area contributed by atoms with E-state index >= 15 is 0 Å². The molecular weight excluding hydrogens is 198 g/mol. The number of hydrogen-bond acceptors (Lipinski definition) is 3. The minimum atomic E-state index is 0.712. The van der Waals surface area contributed by atoms with Crippen LogP contribution in [0.5, 0.6) is 0 Å². The van der Waals surface area contributed by atoms with Gasteiger partial charge in [-0.15, -0.1) is 0 Å². The Bertz CT molecular complexity index is 319. The van der Waals surface area contributed by atoms with Crippen molar-refractivity contribution in [1.82, 2.24) is 10.3 Å². The summed E-state index contributed by atoms with van der Waals surface area (Å²) in [6, 6.07) is 4.83. The molecule has 16 heavy (non-hydrogen) atoms. The smallest absolute Gasteiger partial charge is 0.0393 e. The summed E-state index contributed by atoms with van der Waals surface area (Å²) in [5.74, 6) is 0. The Morgan fingerprint density at radius 2 is 2.44 bits per heavy atom. The van der Waals surface area contributed by atoms with Crippen molar-refractivity contribution in [2.45, 2.75) is 38.6 Å². The number of nitrogens with zero attached hydrogens (tertiary/aromatic N) is 1. The maximum atomic E-state index is 4.19. The Morgan fingerprint density at radius 3 is 3.19 bits per heavy atom. The summed E-state index contributed by atoms with van der Waals surface area (Å²) < 4.78 is 0. The fraction of sp³-hybridized carbons (Fsp3) is 0.615. The van der Waals surface area contributed by atoms with Gasteiger partial charge in [0.05, 0.1) is 0 Å². The van der Waals surface area contributed by atoms with Crippen molar-refractivity contribution in [3.63, 3.8) is 0 Å². The van der Waals surface area contributed by atoms with E-state index in [0.717, 1.165) is 12.2 Å². The number of pyridine rings is 1. The van der Waals surface area contributed by atoms with Crippen LogP contribution in [0, 0.1) is 6.92 Å². The lowest BCUT2D eigenvalue weighted by atomic mass is 10.0. The molecule has 2 heterocycles. The molecule has 0 saturated carbocycles. The highest BCUT2D eigenvalue weighted by Gasteiger charge is 2.11. The topological polar surface area (TPSA) is 37.0 Å². The Hall–Kier alpha value is -1.09. The van der Waals surface area contributed by atoms with E-state index < -0.39 is 0 Å². The molecule has 1 aliphatic rings. The molecule has 1 saturated heterocycles. The Labute approximate surface area is 97.7 Å². The van der Waals surface area contributed by atoms with Crippen LogP contribution in [0.2, 0.25) is 0 Å². The molecule has 1 aliphatic heterocycles. The average Bonchev–Trinajstić information content (AvgIpc) is 2.30. The van der Waals surface area contributed by atoms with Gasteiger partial charge >= 0.3 is 0 Å². The first-order valence-electron chi connectivity index (χ1n) is 6.24. The molecule has 1 unspecified atom stereocenters. The van der Waals surface area contributed by atoms with Crippen LogP contribution in [-0.2, 0) is 0 Å². The second-order valence-corrected chi connectivity index (χ2v) is 4.55. The van der Waals surface area contributed by atoms with Crippen LogP contribution in [0.15, 0.2) is 18.3 Å². The molecule has 0 aliphatic carbocycles. The number of aryl methyl sites for hydroxylation is 1. The predicted molar refractivity (Wildman–Crippen MR) is 67.7 cm³/mol. The zero-order valence-corrected chi connectivity index (χ0v) is 10.00. The third-order valence-corrected chi connectivity index (χ3v) is 3.13. The maximum Gasteiger partial charge on any atom is 0.0393 e. The molecule has 1 aromatic heterocycles. The van der Waals surface area contributed by atoms with E-state index in [4.69, 9.17) is 0 Å². The van der Waals surface area contributed by atoms with E-state index in [1.165, 1.54) is 37.9 Å². The van der Waals surface area contributed by atoms with E-state index in [1.807, 2.05) is 19.2 Å². The number of aromatic nitrogens is 1. The molecular formula is C13H21N3. The van der Waals surface area contributed by atoms with Gasteiger partial charge in [-0.05, 0) is 44.9 Å². The van der Waals surface area contributed by atoms with Gasteiger partial charge in [-0.1, -0.05) is 6.42 Å². The fourth-order valence-corrected chi connectivity index (χ4v) is 2.22. The number of rotatable bonds is 4. The number of hydrogen-bond donors (Lipinski definition) is 2. The van der Waals surface area contributed by atoms with Crippen molar-refractivity contribution in [2.24, 2.45) is 0 Å². The molecule has 0 amide bonds. The molecule has 1 atom stereocenters. The van der Waals surface area contributed by atoms with Gasteiger partial charge in [0.1, 0.15) is 0 Å². The summed E-state index contributed by atoms with van der Waals surface area (Å²) in [5.41, 5.74) is 2.25. The molecule has 3 heteroatoms. The van der Waals surface area contributed by atoms with Gasteiger partial charge in [-0.2, -0.15) is 0 Å². The van der Waals surface area contributed by atoms with Crippen LogP contribution in [0.1, 0.15) is 31.4 Å². The summed E-state index contributed by atoms with van der Waals surface area (Å²) in [5, 5.41) is 7.02. The van der Waals surface area contributed by atoms with Crippen molar-refractivity contribution in [1.29, 1.82) is 0 Å². The van der Waals surface area contributed by atoms with Gasteiger partial charge in [-0.25, -0.2) is 0 Å². The van der Waals surface area contributed by atoms with Crippen LogP contribution in [0.4, 0.5) is 5.69 Å². The summed E-state index contributed by atoms with van der Waals surface area (Å²) in [7, 11) is 0. The Kier molecular flexibility index (Phi) is 4.17. The molecule has 1 aromatic rings. The molecule has 0 radical (unpaired) electrons. The van der Waals surface area contributed by atoms with E-state index in [9.17, 15) is 0 Å².